The molecule has 0 radical (unpaired) electrons. The van der Waals surface area contributed by atoms with E-state index < -0.39 is 17.6 Å². The smallest absolute Gasteiger partial charge is 0.298 e. The SMILES string of the molecule is Cc1nnnn1-c1ccc(/C(=C\C2CCCC2)C(=O)Nc2nccs2)cc1C(F)(F)F. The van der Waals surface area contributed by atoms with Crippen LogP contribution in [-0.2, 0) is 11.0 Å². The van der Waals surface area contributed by atoms with E-state index in [9.17, 15) is 18.0 Å². The molecule has 1 N–H and O–H groups in total. The number of hydrogen-bond donors (Lipinski definition) is 1. The van der Waals surface area contributed by atoms with Crippen LogP contribution >= 0.6 is 11.3 Å². The van der Waals surface area contributed by atoms with E-state index in [1.807, 2.05) is 0 Å². The Balaban J connectivity index is 1.79. The maximum absolute atomic E-state index is 13.9. The first kappa shape index (κ1) is 21.2. The molecule has 1 saturated carbocycles. The van der Waals surface area contributed by atoms with Crippen LogP contribution in [0.2, 0.25) is 0 Å². The minimum atomic E-state index is -4.66. The van der Waals surface area contributed by atoms with Crippen molar-refractivity contribution in [2.24, 2.45) is 5.92 Å². The van der Waals surface area contributed by atoms with E-state index in [-0.39, 0.29) is 28.6 Å². The zero-order valence-corrected chi connectivity index (χ0v) is 17.4. The Morgan fingerprint density at radius 2 is 2.06 bits per heavy atom. The van der Waals surface area contributed by atoms with Gasteiger partial charge in [0.2, 0.25) is 0 Å². The summed E-state index contributed by atoms with van der Waals surface area (Å²) >= 11 is 1.24. The number of tetrazole rings is 1. The van der Waals surface area contributed by atoms with Gasteiger partial charge in [0.05, 0.1) is 11.3 Å². The first-order chi connectivity index (χ1) is 14.8. The van der Waals surface area contributed by atoms with E-state index in [0.29, 0.717) is 5.13 Å². The highest BCUT2D eigenvalue weighted by Gasteiger charge is 2.35. The molecule has 1 fully saturated rings. The molecule has 1 amide bonds. The number of halogens is 3. The molecule has 0 spiro atoms. The molecule has 1 aliphatic rings. The molecule has 2 heterocycles. The van der Waals surface area contributed by atoms with Crippen LogP contribution in [0.3, 0.4) is 0 Å². The summed E-state index contributed by atoms with van der Waals surface area (Å²) in [5, 5.41) is 15.5. The Kier molecular flexibility index (Phi) is 5.86. The largest absolute Gasteiger partial charge is 0.418 e. The number of rotatable bonds is 5. The summed E-state index contributed by atoms with van der Waals surface area (Å²) in [6.07, 6.45) is 2.55. The van der Waals surface area contributed by atoms with Crippen LogP contribution in [0.25, 0.3) is 11.3 Å². The molecule has 31 heavy (non-hydrogen) atoms. The first-order valence-corrected chi connectivity index (χ1v) is 10.6. The van der Waals surface area contributed by atoms with Gasteiger partial charge in [-0.25, -0.2) is 4.98 Å². The zero-order chi connectivity index (χ0) is 22.0. The van der Waals surface area contributed by atoms with Crippen molar-refractivity contribution in [2.45, 2.75) is 38.8 Å². The van der Waals surface area contributed by atoms with Crippen LogP contribution in [0, 0.1) is 12.8 Å². The van der Waals surface area contributed by atoms with Crippen LogP contribution in [-0.4, -0.2) is 31.1 Å². The van der Waals surface area contributed by atoms with E-state index in [1.54, 1.807) is 17.7 Å². The summed E-state index contributed by atoms with van der Waals surface area (Å²) in [5.41, 5.74) is -0.727. The monoisotopic (exact) mass is 448 g/mol. The Bertz CT molecular complexity index is 1100. The number of nitrogens with zero attached hydrogens (tertiary/aromatic N) is 5. The summed E-state index contributed by atoms with van der Waals surface area (Å²) in [4.78, 5) is 17.0. The van der Waals surface area contributed by atoms with Crippen molar-refractivity contribution >= 4 is 27.9 Å². The molecule has 7 nitrogen and oxygen atoms in total. The van der Waals surface area contributed by atoms with E-state index in [1.165, 1.54) is 30.4 Å². The third kappa shape index (κ3) is 4.66. The predicted molar refractivity (Wildman–Crippen MR) is 110 cm³/mol. The van der Waals surface area contributed by atoms with Gasteiger partial charge in [0.25, 0.3) is 5.91 Å². The molecule has 162 valence electrons. The molecule has 0 atom stereocenters. The molecule has 0 aliphatic heterocycles. The van der Waals surface area contributed by atoms with E-state index >= 15 is 0 Å². The molecule has 1 aliphatic carbocycles. The highest BCUT2D eigenvalue weighted by molar-refractivity contribution is 7.13. The third-order valence-electron chi connectivity index (χ3n) is 5.17. The van der Waals surface area contributed by atoms with Gasteiger partial charge in [0.15, 0.2) is 11.0 Å². The van der Waals surface area contributed by atoms with Crippen LogP contribution < -0.4 is 5.32 Å². The lowest BCUT2D eigenvalue weighted by atomic mass is 9.96. The van der Waals surface area contributed by atoms with Crippen molar-refractivity contribution in [1.82, 2.24) is 25.2 Å². The number of nitrogens with one attached hydrogen (secondary N) is 1. The van der Waals surface area contributed by atoms with Crippen LogP contribution in [0.4, 0.5) is 18.3 Å². The first-order valence-electron chi connectivity index (χ1n) is 9.72. The second-order valence-electron chi connectivity index (χ2n) is 7.28. The van der Waals surface area contributed by atoms with Gasteiger partial charge in [-0.05, 0) is 53.8 Å². The van der Waals surface area contributed by atoms with Crippen molar-refractivity contribution in [3.8, 4) is 5.69 Å². The standard InChI is InChI=1S/C20H19F3N6OS/c1-12-26-27-28-29(12)17-7-6-14(11-16(17)20(21,22)23)15(10-13-4-2-3-5-13)18(30)25-19-24-8-9-31-19/h6-11,13H,2-5H2,1H3,(H,24,25,30)/b15-10+. The van der Waals surface area contributed by atoms with Gasteiger partial charge >= 0.3 is 6.18 Å². The Labute approximate surface area is 180 Å². The van der Waals surface area contributed by atoms with Gasteiger partial charge in [-0.3, -0.25) is 10.1 Å². The quantitative estimate of drug-likeness (QED) is 0.574. The number of allylic oxidation sites excluding steroid dienone is 1. The second kappa shape index (κ2) is 8.58. The number of aryl methyl sites for hydroxylation is 1. The summed E-state index contributed by atoms with van der Waals surface area (Å²) in [7, 11) is 0. The number of thiazole rings is 1. The number of aromatic nitrogens is 5. The van der Waals surface area contributed by atoms with Gasteiger partial charge in [-0.15, -0.1) is 16.4 Å². The molecule has 4 rings (SSSR count). The number of alkyl halides is 3. The minimum Gasteiger partial charge on any atom is -0.298 e. The minimum absolute atomic E-state index is 0.146. The fourth-order valence-electron chi connectivity index (χ4n) is 3.68. The van der Waals surface area contributed by atoms with Gasteiger partial charge < -0.3 is 0 Å². The number of amides is 1. The van der Waals surface area contributed by atoms with Crippen LogP contribution in [0.1, 0.15) is 42.6 Å². The predicted octanol–water partition coefficient (Wildman–Crippen LogP) is 4.66. The van der Waals surface area contributed by atoms with Crippen molar-refractivity contribution in [1.29, 1.82) is 0 Å². The molecular formula is C20H19F3N6OS. The highest BCUT2D eigenvalue weighted by atomic mass is 32.1. The lowest BCUT2D eigenvalue weighted by Crippen LogP contribution is -2.17. The lowest BCUT2D eigenvalue weighted by molar-refractivity contribution is -0.137. The van der Waals surface area contributed by atoms with Gasteiger partial charge in [0, 0.05) is 17.2 Å². The maximum Gasteiger partial charge on any atom is 0.418 e. The molecule has 1 aromatic carbocycles. The van der Waals surface area contributed by atoms with Crippen molar-refractivity contribution in [3.05, 3.63) is 52.8 Å². The maximum atomic E-state index is 13.9. The molecule has 3 aromatic rings. The van der Waals surface area contributed by atoms with E-state index in [4.69, 9.17) is 0 Å². The van der Waals surface area contributed by atoms with E-state index in [0.717, 1.165) is 36.4 Å². The molecule has 2 aromatic heterocycles. The topological polar surface area (TPSA) is 85.6 Å². The fourth-order valence-corrected chi connectivity index (χ4v) is 4.21. The molecular weight excluding hydrogens is 429 g/mol. The zero-order valence-electron chi connectivity index (χ0n) is 16.6. The highest BCUT2D eigenvalue weighted by Crippen LogP contribution is 2.37. The molecule has 0 bridgehead atoms. The van der Waals surface area contributed by atoms with Crippen molar-refractivity contribution < 1.29 is 18.0 Å². The summed E-state index contributed by atoms with van der Waals surface area (Å²) in [6, 6.07) is 3.77. The fraction of sp³-hybridized carbons (Fsp3) is 0.350. The summed E-state index contributed by atoms with van der Waals surface area (Å²) in [6.45, 7) is 1.51. The van der Waals surface area contributed by atoms with E-state index in [2.05, 4.69) is 25.8 Å². The number of benzene rings is 1. The number of anilines is 1. The molecule has 0 saturated heterocycles. The molecule has 0 unspecified atom stereocenters. The Morgan fingerprint density at radius 1 is 1.29 bits per heavy atom. The normalized spacial score (nSPS) is 15.4. The van der Waals surface area contributed by atoms with Crippen LogP contribution in [0.15, 0.2) is 35.9 Å². The summed E-state index contributed by atoms with van der Waals surface area (Å²) < 4.78 is 42.8. The number of carbonyl (C=O) groups excluding carboxylic acids is 1. The lowest BCUT2D eigenvalue weighted by Gasteiger charge is -2.16. The van der Waals surface area contributed by atoms with Gasteiger partial charge in [-0.2, -0.15) is 17.9 Å². The second-order valence-corrected chi connectivity index (χ2v) is 8.18. The van der Waals surface area contributed by atoms with Gasteiger partial charge in [-0.1, -0.05) is 25.0 Å². The van der Waals surface area contributed by atoms with Crippen LogP contribution in [0.5, 0.6) is 0 Å². The average molecular weight is 448 g/mol. The van der Waals surface area contributed by atoms with Crippen molar-refractivity contribution in [2.75, 3.05) is 5.32 Å². The van der Waals surface area contributed by atoms with Gasteiger partial charge in [0.1, 0.15) is 0 Å². The van der Waals surface area contributed by atoms with Crippen molar-refractivity contribution in [3.63, 3.8) is 0 Å². The molecule has 11 heteroatoms. The third-order valence-corrected chi connectivity index (χ3v) is 5.85. The number of carbonyl (C=O) groups is 1. The Hall–Kier alpha value is -3.08. The average Bonchev–Trinajstić information content (AvgIpc) is 3.48. The summed E-state index contributed by atoms with van der Waals surface area (Å²) in [5.74, 6) is -0.115. The Morgan fingerprint density at radius 3 is 2.68 bits per heavy atom. The number of hydrogen-bond acceptors (Lipinski definition) is 6.